The van der Waals surface area contributed by atoms with Crippen LogP contribution in [0.5, 0.6) is 0 Å². The largest absolute Gasteiger partial charge is 0.136 e. The van der Waals surface area contributed by atoms with Gasteiger partial charge in [0, 0.05) is 19.5 Å². The van der Waals surface area contributed by atoms with E-state index in [1.165, 1.54) is 126 Å². The highest BCUT2D eigenvalue weighted by Crippen LogP contribution is 2.35. The van der Waals surface area contributed by atoms with E-state index in [0.29, 0.717) is 0 Å². The van der Waals surface area contributed by atoms with Crippen LogP contribution in [0.3, 0.4) is 0 Å². The highest BCUT2D eigenvalue weighted by Gasteiger charge is 2.07. The van der Waals surface area contributed by atoms with Crippen LogP contribution in [0, 0.1) is 0 Å². The molecule has 0 unspecified atom stereocenters. The Balaban J connectivity index is 1.02. The van der Waals surface area contributed by atoms with Crippen molar-refractivity contribution >= 4 is 68.5 Å². The number of hydrogen-bond donors (Lipinski definition) is 0. The maximum Gasteiger partial charge on any atom is 0.0349 e. The van der Waals surface area contributed by atoms with Crippen LogP contribution in [-0.4, -0.2) is 0 Å². The molecular weight excluding hydrogens is 641 g/mol. The molecule has 0 spiro atoms. The highest BCUT2D eigenvalue weighted by molar-refractivity contribution is 7.16. The van der Waals surface area contributed by atoms with E-state index in [2.05, 4.69) is 159 Å². The van der Waals surface area contributed by atoms with E-state index >= 15 is 0 Å². The molecule has 0 atom stereocenters. The van der Waals surface area contributed by atoms with Gasteiger partial charge in [-0.2, -0.15) is 0 Å². The van der Waals surface area contributed by atoms with Gasteiger partial charge in [-0.05, 0) is 141 Å². The Hall–Kier alpha value is -4.50. The first-order chi connectivity index (χ1) is 24.6. The van der Waals surface area contributed by atoms with Gasteiger partial charge in [0.25, 0.3) is 0 Å². The highest BCUT2D eigenvalue weighted by atomic mass is 32.1. The molecule has 0 aliphatic carbocycles. The molecule has 0 bridgehead atoms. The van der Waals surface area contributed by atoms with E-state index in [1.54, 1.807) is 0 Å². The predicted molar refractivity (Wildman–Crippen MR) is 225 cm³/mol. The van der Waals surface area contributed by atoms with Crippen molar-refractivity contribution in [2.45, 2.75) is 65.2 Å². The number of rotatable bonds is 14. The molecule has 7 aromatic rings. The number of unbranched alkanes of at least 4 members (excludes halogenated alkanes) is 4. The fraction of sp³-hybridized carbons (Fsp3) is 0.208. The maximum atomic E-state index is 2.34. The lowest BCUT2D eigenvalue weighted by Gasteiger charge is -2.07. The molecule has 2 heteroatoms. The fourth-order valence-electron chi connectivity index (χ4n) is 6.60. The average Bonchev–Trinajstić information content (AvgIpc) is 3.84. The minimum atomic E-state index is 1.18. The Bertz CT molecular complexity index is 2060. The summed E-state index contributed by atoms with van der Waals surface area (Å²) in [6.45, 7) is 4.52. The van der Waals surface area contributed by atoms with Crippen LogP contribution in [0.4, 0.5) is 0 Å². The molecular formula is C48H46S2. The Morgan fingerprint density at radius 2 is 0.840 bits per heavy atom. The van der Waals surface area contributed by atoms with Crippen LogP contribution in [0.2, 0.25) is 0 Å². The molecule has 0 N–H and O–H groups in total. The second kappa shape index (κ2) is 16.5. The second-order valence-electron chi connectivity index (χ2n) is 13.4. The lowest BCUT2D eigenvalue weighted by atomic mass is 9.99. The van der Waals surface area contributed by atoms with Gasteiger partial charge in [-0.25, -0.2) is 0 Å². The van der Waals surface area contributed by atoms with Crippen molar-refractivity contribution in [3.05, 3.63) is 153 Å². The number of benzene rings is 5. The molecule has 0 saturated carbocycles. The molecule has 0 amide bonds. The van der Waals surface area contributed by atoms with Gasteiger partial charge in [-0.15, -0.1) is 22.7 Å². The van der Waals surface area contributed by atoms with Crippen molar-refractivity contribution in [3.8, 4) is 20.9 Å². The van der Waals surface area contributed by atoms with Gasteiger partial charge in [-0.1, -0.05) is 124 Å². The van der Waals surface area contributed by atoms with E-state index in [0.717, 1.165) is 0 Å². The summed E-state index contributed by atoms with van der Waals surface area (Å²) < 4.78 is 0. The van der Waals surface area contributed by atoms with Gasteiger partial charge in [0.15, 0.2) is 0 Å². The van der Waals surface area contributed by atoms with Gasteiger partial charge in [0.2, 0.25) is 0 Å². The zero-order valence-corrected chi connectivity index (χ0v) is 31.0. The number of aryl methyl sites for hydroxylation is 2. The van der Waals surface area contributed by atoms with Crippen LogP contribution in [0.1, 0.15) is 84.4 Å². The Labute approximate surface area is 306 Å². The second-order valence-corrected chi connectivity index (χ2v) is 15.7. The van der Waals surface area contributed by atoms with Crippen molar-refractivity contribution in [2.24, 2.45) is 0 Å². The summed E-state index contributed by atoms with van der Waals surface area (Å²) in [6.07, 6.45) is 19.0. The first-order valence-electron chi connectivity index (χ1n) is 18.4. The first kappa shape index (κ1) is 34.0. The van der Waals surface area contributed by atoms with Crippen molar-refractivity contribution in [2.75, 3.05) is 0 Å². The summed E-state index contributed by atoms with van der Waals surface area (Å²) in [6, 6.07) is 45.6. The molecule has 250 valence electrons. The number of thiophene rings is 2. The van der Waals surface area contributed by atoms with Crippen molar-refractivity contribution in [1.82, 2.24) is 0 Å². The van der Waals surface area contributed by atoms with Crippen LogP contribution in [0.15, 0.2) is 121 Å². The molecule has 0 aliphatic rings. The Morgan fingerprint density at radius 3 is 1.26 bits per heavy atom. The molecule has 0 aliphatic heterocycles. The van der Waals surface area contributed by atoms with E-state index in [4.69, 9.17) is 0 Å². The molecule has 7 rings (SSSR count). The van der Waals surface area contributed by atoms with E-state index in [9.17, 15) is 0 Å². The molecule has 5 aromatic carbocycles. The number of fused-ring (bicyclic) bond motifs is 2. The summed E-state index contributed by atoms with van der Waals surface area (Å²) in [5.41, 5.74) is 7.94. The smallest absolute Gasteiger partial charge is 0.0349 e. The van der Waals surface area contributed by atoms with Gasteiger partial charge in [-0.3, -0.25) is 0 Å². The van der Waals surface area contributed by atoms with Gasteiger partial charge < -0.3 is 0 Å². The average molecular weight is 687 g/mol. The minimum absolute atomic E-state index is 1.18. The fourth-order valence-corrected chi connectivity index (χ4v) is 8.42. The number of hydrogen-bond acceptors (Lipinski definition) is 2. The third-order valence-corrected chi connectivity index (χ3v) is 11.8. The standard InChI is InChI=1S/C48H46S2/c1-3-5-7-9-35-11-15-37(16-12-35)19-25-45-27-29-47(49-45)41-23-21-39-32-44-34-42(24-22-40(44)31-43(39)33-41)48-30-28-46(50-48)26-20-38-17-13-36(14-18-38)10-8-6-4-2/h11-34H,3-10H2,1-2H3/b25-19+,26-20+. The van der Waals surface area contributed by atoms with Crippen LogP contribution < -0.4 is 0 Å². The zero-order valence-electron chi connectivity index (χ0n) is 29.3. The third-order valence-electron chi connectivity index (χ3n) is 9.60. The molecule has 2 aromatic heterocycles. The van der Waals surface area contributed by atoms with Gasteiger partial charge in [0.05, 0.1) is 0 Å². The molecule has 0 fully saturated rings. The normalized spacial score (nSPS) is 11.9. The summed E-state index contributed by atoms with van der Waals surface area (Å²) in [7, 11) is 0. The maximum absolute atomic E-state index is 2.34. The molecule has 0 nitrogen and oxygen atoms in total. The Kier molecular flexibility index (Phi) is 11.2. The Morgan fingerprint density at radius 1 is 0.400 bits per heavy atom. The summed E-state index contributed by atoms with van der Waals surface area (Å²) in [5.74, 6) is 0. The minimum Gasteiger partial charge on any atom is -0.136 e. The van der Waals surface area contributed by atoms with Gasteiger partial charge in [0.1, 0.15) is 0 Å². The summed E-state index contributed by atoms with van der Waals surface area (Å²) >= 11 is 3.70. The SMILES string of the molecule is CCCCCc1ccc(/C=C/c2ccc(-c3ccc4cc5cc(-c6ccc(/C=C/c7ccc(CCCCC)cc7)s6)ccc5cc4c3)s2)cc1. The molecule has 0 radical (unpaired) electrons. The van der Waals surface area contributed by atoms with E-state index in [-0.39, 0.29) is 0 Å². The van der Waals surface area contributed by atoms with Crippen LogP contribution >= 0.6 is 22.7 Å². The quantitative estimate of drug-likeness (QED) is 0.0789. The van der Waals surface area contributed by atoms with Crippen LogP contribution in [0.25, 0.3) is 66.7 Å². The molecule has 2 heterocycles. The monoisotopic (exact) mass is 686 g/mol. The molecule has 50 heavy (non-hydrogen) atoms. The van der Waals surface area contributed by atoms with Crippen molar-refractivity contribution in [1.29, 1.82) is 0 Å². The predicted octanol–water partition coefficient (Wildman–Crippen LogP) is 15.3. The van der Waals surface area contributed by atoms with Crippen LogP contribution in [-0.2, 0) is 12.8 Å². The molecule has 0 saturated heterocycles. The third kappa shape index (κ3) is 8.62. The zero-order chi connectivity index (χ0) is 34.1. The summed E-state index contributed by atoms with van der Waals surface area (Å²) in [4.78, 5) is 5.15. The first-order valence-corrected chi connectivity index (χ1v) is 20.0. The van der Waals surface area contributed by atoms with Gasteiger partial charge >= 0.3 is 0 Å². The lowest BCUT2D eigenvalue weighted by molar-refractivity contribution is 0.717. The van der Waals surface area contributed by atoms with Crippen molar-refractivity contribution < 1.29 is 0 Å². The lowest BCUT2D eigenvalue weighted by Crippen LogP contribution is -1.85. The summed E-state index contributed by atoms with van der Waals surface area (Å²) in [5, 5.41) is 5.12. The van der Waals surface area contributed by atoms with E-state index in [1.807, 2.05) is 22.7 Å². The topological polar surface area (TPSA) is 0 Å². The van der Waals surface area contributed by atoms with E-state index < -0.39 is 0 Å². The van der Waals surface area contributed by atoms with Crippen molar-refractivity contribution in [3.63, 3.8) is 0 Å².